The minimum atomic E-state index is 0.574. The van der Waals surface area contributed by atoms with Crippen molar-refractivity contribution < 1.29 is 0 Å². The normalized spacial score (nSPS) is 11.2. The van der Waals surface area contributed by atoms with Gasteiger partial charge in [-0.1, -0.05) is 41.9 Å². The van der Waals surface area contributed by atoms with Crippen LogP contribution in [0.3, 0.4) is 0 Å². The quantitative estimate of drug-likeness (QED) is 0.739. The van der Waals surface area contributed by atoms with E-state index in [1.54, 1.807) is 0 Å². The third-order valence-corrected chi connectivity index (χ3v) is 3.15. The first-order valence-electron chi connectivity index (χ1n) is 5.16. The summed E-state index contributed by atoms with van der Waals surface area (Å²) in [5, 5.41) is 2.04. The van der Waals surface area contributed by atoms with Crippen molar-refractivity contribution in [2.24, 2.45) is 0 Å². The number of alkyl halides is 1. The molecule has 2 aromatic rings. The first kappa shape index (κ1) is 10.6. The Labute approximate surface area is 98.7 Å². The van der Waals surface area contributed by atoms with E-state index in [9.17, 15) is 0 Å². The molecule has 1 aromatic carbocycles. The highest BCUT2D eigenvalue weighted by molar-refractivity contribution is 9.08. The molecule has 0 atom stereocenters. The fourth-order valence-electron chi connectivity index (χ4n) is 1.62. The van der Waals surface area contributed by atoms with Crippen LogP contribution >= 0.6 is 15.9 Å². The van der Waals surface area contributed by atoms with E-state index in [1.165, 1.54) is 10.9 Å². The van der Waals surface area contributed by atoms with Crippen LogP contribution in [0.5, 0.6) is 0 Å². The third kappa shape index (κ3) is 2.20. The maximum Gasteiger partial charge on any atom is 0.0705 e. The molecule has 1 aromatic heterocycles. The molecule has 0 spiro atoms. The van der Waals surface area contributed by atoms with Crippen molar-refractivity contribution in [3.05, 3.63) is 41.6 Å². The van der Waals surface area contributed by atoms with Crippen LogP contribution in [0.25, 0.3) is 10.9 Å². The monoisotopic (exact) mass is 263 g/mol. The summed E-state index contributed by atoms with van der Waals surface area (Å²) in [5.74, 6) is 0.574. The van der Waals surface area contributed by atoms with Gasteiger partial charge in [-0.05, 0) is 29.7 Å². The first-order valence-corrected chi connectivity index (χ1v) is 6.28. The van der Waals surface area contributed by atoms with Crippen molar-refractivity contribution in [1.29, 1.82) is 0 Å². The van der Waals surface area contributed by atoms with E-state index in [2.05, 4.69) is 65.1 Å². The number of halogens is 1. The van der Waals surface area contributed by atoms with Crippen molar-refractivity contribution in [3.63, 3.8) is 0 Å². The molecule has 0 radical (unpaired) electrons. The van der Waals surface area contributed by atoms with E-state index in [0.29, 0.717) is 5.92 Å². The van der Waals surface area contributed by atoms with Gasteiger partial charge >= 0.3 is 0 Å². The van der Waals surface area contributed by atoms with Crippen LogP contribution in [-0.4, -0.2) is 4.98 Å². The van der Waals surface area contributed by atoms with Crippen molar-refractivity contribution in [1.82, 2.24) is 4.98 Å². The summed E-state index contributed by atoms with van der Waals surface area (Å²) < 4.78 is 0. The molecule has 0 aliphatic carbocycles. The molecule has 2 rings (SSSR count). The summed E-state index contributed by atoms with van der Waals surface area (Å²) in [5.41, 5.74) is 3.53. The fourth-order valence-corrected chi connectivity index (χ4v) is 1.93. The van der Waals surface area contributed by atoms with Gasteiger partial charge in [-0.25, -0.2) is 0 Å². The lowest BCUT2D eigenvalue weighted by molar-refractivity contribution is 0.868. The lowest BCUT2D eigenvalue weighted by Gasteiger charge is -2.07. The molecule has 0 N–H and O–H groups in total. The zero-order valence-electron chi connectivity index (χ0n) is 9.00. The fraction of sp³-hybridized carbons (Fsp3) is 0.308. The van der Waals surface area contributed by atoms with Gasteiger partial charge in [0, 0.05) is 10.7 Å². The second-order valence-corrected chi connectivity index (χ2v) is 4.60. The lowest BCUT2D eigenvalue weighted by Crippen LogP contribution is -1.90. The van der Waals surface area contributed by atoms with Crippen molar-refractivity contribution in [3.8, 4) is 0 Å². The van der Waals surface area contributed by atoms with E-state index in [4.69, 9.17) is 0 Å². The minimum Gasteiger partial charge on any atom is -0.252 e. The Morgan fingerprint density at radius 1 is 1.20 bits per heavy atom. The van der Waals surface area contributed by atoms with Gasteiger partial charge in [-0.15, -0.1) is 0 Å². The van der Waals surface area contributed by atoms with Crippen LogP contribution in [0, 0.1) is 0 Å². The molecule has 0 unspecified atom stereocenters. The van der Waals surface area contributed by atoms with Crippen molar-refractivity contribution in [2.45, 2.75) is 25.1 Å². The Balaban J connectivity index is 2.55. The molecule has 0 saturated carbocycles. The van der Waals surface area contributed by atoms with Crippen LogP contribution in [-0.2, 0) is 5.33 Å². The molecule has 15 heavy (non-hydrogen) atoms. The van der Waals surface area contributed by atoms with Gasteiger partial charge in [0.15, 0.2) is 0 Å². The molecule has 0 saturated heterocycles. The maximum atomic E-state index is 4.55. The highest BCUT2D eigenvalue weighted by Crippen LogP contribution is 2.20. The Morgan fingerprint density at radius 2 is 2.00 bits per heavy atom. The van der Waals surface area contributed by atoms with E-state index in [-0.39, 0.29) is 0 Å². The molecule has 1 nitrogen and oxygen atoms in total. The van der Waals surface area contributed by atoms with Gasteiger partial charge in [0.05, 0.1) is 11.2 Å². The molecule has 0 fully saturated rings. The average Bonchev–Trinajstić information content (AvgIpc) is 2.27. The predicted octanol–water partition coefficient (Wildman–Crippen LogP) is 4.25. The number of rotatable bonds is 2. The predicted molar refractivity (Wildman–Crippen MR) is 68.5 cm³/mol. The zero-order chi connectivity index (χ0) is 10.8. The molecular weight excluding hydrogens is 250 g/mol. The number of hydrogen-bond acceptors (Lipinski definition) is 1. The standard InChI is InChI=1S/C13H14BrN/c1-9(2)10-4-6-13-11(7-10)3-5-12(8-14)15-13/h3-7,9H,8H2,1-2H3. The third-order valence-electron chi connectivity index (χ3n) is 2.57. The van der Waals surface area contributed by atoms with Gasteiger partial charge in [0.1, 0.15) is 0 Å². The van der Waals surface area contributed by atoms with E-state index in [0.717, 1.165) is 16.5 Å². The Morgan fingerprint density at radius 3 is 2.67 bits per heavy atom. The second kappa shape index (κ2) is 4.31. The number of fused-ring (bicyclic) bond motifs is 1. The van der Waals surface area contributed by atoms with Crippen LogP contribution < -0.4 is 0 Å². The highest BCUT2D eigenvalue weighted by Gasteiger charge is 2.02. The Bertz CT molecular complexity index is 477. The molecular formula is C13H14BrN. The highest BCUT2D eigenvalue weighted by atomic mass is 79.9. The molecule has 1 heterocycles. The largest absolute Gasteiger partial charge is 0.252 e. The number of nitrogens with zero attached hydrogens (tertiary/aromatic N) is 1. The topological polar surface area (TPSA) is 12.9 Å². The molecule has 0 aliphatic heterocycles. The Kier molecular flexibility index (Phi) is 3.06. The maximum absolute atomic E-state index is 4.55. The van der Waals surface area contributed by atoms with Crippen LogP contribution in [0.1, 0.15) is 31.0 Å². The van der Waals surface area contributed by atoms with Gasteiger partial charge in [-0.3, -0.25) is 4.98 Å². The van der Waals surface area contributed by atoms with Gasteiger partial charge < -0.3 is 0 Å². The molecule has 2 heteroatoms. The average molecular weight is 264 g/mol. The summed E-state index contributed by atoms with van der Waals surface area (Å²) in [6.07, 6.45) is 0. The number of benzene rings is 1. The van der Waals surface area contributed by atoms with Crippen LogP contribution in [0.2, 0.25) is 0 Å². The zero-order valence-corrected chi connectivity index (χ0v) is 10.6. The first-order chi connectivity index (χ1) is 7.20. The molecule has 0 amide bonds. The number of pyridine rings is 1. The molecule has 78 valence electrons. The lowest BCUT2D eigenvalue weighted by atomic mass is 10.0. The molecule has 0 bridgehead atoms. The van der Waals surface area contributed by atoms with Crippen molar-refractivity contribution >= 4 is 26.8 Å². The van der Waals surface area contributed by atoms with Gasteiger partial charge in [-0.2, -0.15) is 0 Å². The van der Waals surface area contributed by atoms with Crippen LogP contribution in [0.15, 0.2) is 30.3 Å². The number of hydrogen-bond donors (Lipinski definition) is 0. The summed E-state index contributed by atoms with van der Waals surface area (Å²) in [6.45, 7) is 4.42. The van der Waals surface area contributed by atoms with E-state index < -0.39 is 0 Å². The smallest absolute Gasteiger partial charge is 0.0705 e. The summed E-state index contributed by atoms with van der Waals surface area (Å²) in [6, 6.07) is 10.7. The summed E-state index contributed by atoms with van der Waals surface area (Å²) in [7, 11) is 0. The van der Waals surface area contributed by atoms with Crippen LogP contribution in [0.4, 0.5) is 0 Å². The van der Waals surface area contributed by atoms with E-state index in [1.807, 2.05) is 0 Å². The number of aromatic nitrogens is 1. The summed E-state index contributed by atoms with van der Waals surface area (Å²) in [4.78, 5) is 4.55. The van der Waals surface area contributed by atoms with Gasteiger partial charge in [0.25, 0.3) is 0 Å². The second-order valence-electron chi connectivity index (χ2n) is 4.04. The molecule has 0 aliphatic rings. The Hall–Kier alpha value is -0.890. The minimum absolute atomic E-state index is 0.574. The van der Waals surface area contributed by atoms with Crippen molar-refractivity contribution in [2.75, 3.05) is 0 Å². The van der Waals surface area contributed by atoms with E-state index >= 15 is 0 Å². The summed E-state index contributed by atoms with van der Waals surface area (Å²) >= 11 is 3.42. The SMILES string of the molecule is CC(C)c1ccc2nc(CBr)ccc2c1. The van der Waals surface area contributed by atoms with Gasteiger partial charge in [0.2, 0.25) is 0 Å².